The molecule has 0 aromatic carbocycles. The minimum Gasteiger partial charge on any atom is -0.338 e. The van der Waals surface area contributed by atoms with E-state index in [1.165, 1.54) is 0 Å². The van der Waals surface area contributed by atoms with Gasteiger partial charge in [-0.05, 0) is 34.1 Å². The molecule has 0 aromatic heterocycles. The van der Waals surface area contributed by atoms with Crippen LogP contribution in [-0.4, -0.2) is 81.1 Å². The van der Waals surface area contributed by atoms with E-state index < -0.39 is 0 Å². The number of piperazine rings is 1. The summed E-state index contributed by atoms with van der Waals surface area (Å²) in [5, 5.41) is 2.96. The van der Waals surface area contributed by atoms with Crippen molar-refractivity contribution in [2.24, 2.45) is 0 Å². The van der Waals surface area contributed by atoms with Crippen LogP contribution in [0, 0.1) is 0 Å². The molecular formula is C11H24N4O. The van der Waals surface area contributed by atoms with Crippen LogP contribution in [0.15, 0.2) is 0 Å². The van der Waals surface area contributed by atoms with Crippen LogP contribution in [-0.2, 0) is 0 Å². The summed E-state index contributed by atoms with van der Waals surface area (Å²) in [5.74, 6) is 0. The van der Waals surface area contributed by atoms with Gasteiger partial charge in [0.05, 0.1) is 0 Å². The van der Waals surface area contributed by atoms with Gasteiger partial charge in [-0.15, -0.1) is 0 Å². The van der Waals surface area contributed by atoms with Gasteiger partial charge in [0.1, 0.15) is 0 Å². The average molecular weight is 228 g/mol. The fourth-order valence-electron chi connectivity index (χ4n) is 1.71. The number of hydrogen-bond donors (Lipinski definition) is 1. The quantitative estimate of drug-likeness (QED) is 0.683. The largest absolute Gasteiger partial charge is 0.338 e. The number of hydrogen-bond acceptors (Lipinski definition) is 3. The maximum atomic E-state index is 11.7. The van der Waals surface area contributed by atoms with E-state index in [9.17, 15) is 4.79 Å². The van der Waals surface area contributed by atoms with Gasteiger partial charge in [0.15, 0.2) is 0 Å². The number of rotatable bonds is 4. The number of amides is 2. The standard InChI is InChI=1S/C11H24N4O/c1-13(2)6-4-5-12-11(16)15-9-7-14(3)8-10-15/h4-10H2,1-3H3,(H,12,16). The Morgan fingerprint density at radius 2 is 1.88 bits per heavy atom. The number of carbonyl (C=O) groups excluding carboxylic acids is 1. The Labute approximate surface area is 98.4 Å². The van der Waals surface area contributed by atoms with Crippen LogP contribution in [0.1, 0.15) is 6.42 Å². The summed E-state index contributed by atoms with van der Waals surface area (Å²) in [7, 11) is 6.18. The number of likely N-dealkylation sites (N-methyl/N-ethyl adjacent to an activating group) is 1. The maximum Gasteiger partial charge on any atom is 0.317 e. The van der Waals surface area contributed by atoms with Gasteiger partial charge in [0, 0.05) is 32.7 Å². The number of carbonyl (C=O) groups is 1. The van der Waals surface area contributed by atoms with E-state index >= 15 is 0 Å². The smallest absolute Gasteiger partial charge is 0.317 e. The van der Waals surface area contributed by atoms with Gasteiger partial charge in [-0.3, -0.25) is 0 Å². The first-order chi connectivity index (χ1) is 7.59. The van der Waals surface area contributed by atoms with Crippen molar-refractivity contribution in [2.45, 2.75) is 6.42 Å². The molecule has 0 spiro atoms. The zero-order chi connectivity index (χ0) is 12.0. The third-order valence-corrected chi connectivity index (χ3v) is 2.85. The van der Waals surface area contributed by atoms with Crippen LogP contribution < -0.4 is 5.32 Å². The third-order valence-electron chi connectivity index (χ3n) is 2.85. The van der Waals surface area contributed by atoms with Gasteiger partial charge in [0.25, 0.3) is 0 Å². The first-order valence-electron chi connectivity index (χ1n) is 5.95. The summed E-state index contributed by atoms with van der Waals surface area (Å²) in [6, 6.07) is 0.0897. The van der Waals surface area contributed by atoms with Crippen LogP contribution in [0.3, 0.4) is 0 Å². The Morgan fingerprint density at radius 1 is 1.25 bits per heavy atom. The molecule has 94 valence electrons. The van der Waals surface area contributed by atoms with E-state index in [0.717, 1.165) is 45.7 Å². The fraction of sp³-hybridized carbons (Fsp3) is 0.909. The van der Waals surface area contributed by atoms with Crippen LogP contribution in [0.2, 0.25) is 0 Å². The van der Waals surface area contributed by atoms with Gasteiger partial charge < -0.3 is 20.0 Å². The summed E-state index contributed by atoms with van der Waals surface area (Å²) in [4.78, 5) is 18.0. The molecule has 1 aliphatic rings. The molecule has 0 atom stereocenters. The second kappa shape index (κ2) is 6.70. The molecule has 1 fully saturated rings. The summed E-state index contributed by atoms with van der Waals surface area (Å²) < 4.78 is 0. The SMILES string of the molecule is CN(C)CCCNC(=O)N1CCN(C)CC1. The minimum atomic E-state index is 0.0897. The number of nitrogens with one attached hydrogen (secondary N) is 1. The van der Waals surface area contributed by atoms with Gasteiger partial charge in [-0.2, -0.15) is 0 Å². The van der Waals surface area contributed by atoms with Gasteiger partial charge in [-0.25, -0.2) is 4.79 Å². The van der Waals surface area contributed by atoms with Crippen molar-refractivity contribution in [1.82, 2.24) is 20.0 Å². The molecule has 16 heavy (non-hydrogen) atoms. The highest BCUT2D eigenvalue weighted by molar-refractivity contribution is 5.74. The molecule has 1 aliphatic heterocycles. The van der Waals surface area contributed by atoms with E-state index in [4.69, 9.17) is 0 Å². The molecule has 1 saturated heterocycles. The lowest BCUT2D eigenvalue weighted by atomic mass is 10.3. The molecule has 2 amide bonds. The first kappa shape index (κ1) is 13.3. The molecule has 0 aromatic rings. The Morgan fingerprint density at radius 3 is 2.44 bits per heavy atom. The molecule has 1 N–H and O–H groups in total. The van der Waals surface area contributed by atoms with Crippen molar-refractivity contribution in [3.63, 3.8) is 0 Å². The lowest BCUT2D eigenvalue weighted by molar-refractivity contribution is 0.154. The second-order valence-corrected chi connectivity index (χ2v) is 4.68. The van der Waals surface area contributed by atoms with Crippen LogP contribution in [0.25, 0.3) is 0 Å². The normalized spacial score (nSPS) is 17.9. The van der Waals surface area contributed by atoms with Crippen molar-refractivity contribution in [1.29, 1.82) is 0 Å². The molecular weight excluding hydrogens is 204 g/mol. The Kier molecular flexibility index (Phi) is 5.55. The highest BCUT2D eigenvalue weighted by atomic mass is 16.2. The molecule has 0 unspecified atom stereocenters. The van der Waals surface area contributed by atoms with Crippen molar-refractivity contribution in [3.8, 4) is 0 Å². The zero-order valence-electron chi connectivity index (χ0n) is 10.7. The highest BCUT2D eigenvalue weighted by Crippen LogP contribution is 1.99. The van der Waals surface area contributed by atoms with Crippen molar-refractivity contribution < 1.29 is 4.79 Å². The first-order valence-corrected chi connectivity index (χ1v) is 5.95. The molecule has 5 heteroatoms. The van der Waals surface area contributed by atoms with Gasteiger partial charge in [-0.1, -0.05) is 0 Å². The van der Waals surface area contributed by atoms with E-state index in [1.54, 1.807) is 0 Å². The highest BCUT2D eigenvalue weighted by Gasteiger charge is 2.17. The molecule has 1 heterocycles. The fourth-order valence-corrected chi connectivity index (χ4v) is 1.71. The van der Waals surface area contributed by atoms with E-state index in [2.05, 4.69) is 22.2 Å². The summed E-state index contributed by atoms with van der Waals surface area (Å²) in [6.45, 7) is 5.43. The summed E-state index contributed by atoms with van der Waals surface area (Å²) in [5.41, 5.74) is 0. The van der Waals surface area contributed by atoms with Gasteiger partial charge in [0.2, 0.25) is 0 Å². The second-order valence-electron chi connectivity index (χ2n) is 4.68. The minimum absolute atomic E-state index is 0.0897. The Bertz CT molecular complexity index is 212. The molecule has 0 bridgehead atoms. The van der Waals surface area contributed by atoms with Crippen molar-refractivity contribution in [2.75, 3.05) is 60.4 Å². The monoisotopic (exact) mass is 228 g/mol. The van der Waals surface area contributed by atoms with E-state index in [-0.39, 0.29) is 6.03 Å². The third kappa shape index (κ3) is 4.81. The lowest BCUT2D eigenvalue weighted by Gasteiger charge is -2.32. The van der Waals surface area contributed by atoms with E-state index in [0.29, 0.717) is 0 Å². The van der Waals surface area contributed by atoms with Crippen molar-refractivity contribution in [3.05, 3.63) is 0 Å². The predicted octanol–water partition coefficient (Wildman–Crippen LogP) is -0.105. The maximum absolute atomic E-state index is 11.7. The Hall–Kier alpha value is -0.810. The molecule has 0 saturated carbocycles. The number of nitrogens with zero attached hydrogens (tertiary/aromatic N) is 3. The van der Waals surface area contributed by atoms with Gasteiger partial charge >= 0.3 is 6.03 Å². The summed E-state index contributed by atoms with van der Waals surface area (Å²) >= 11 is 0. The zero-order valence-corrected chi connectivity index (χ0v) is 10.7. The molecule has 1 rings (SSSR count). The van der Waals surface area contributed by atoms with Crippen LogP contribution in [0.5, 0.6) is 0 Å². The molecule has 5 nitrogen and oxygen atoms in total. The predicted molar refractivity (Wildman–Crippen MR) is 65.6 cm³/mol. The van der Waals surface area contributed by atoms with Crippen LogP contribution >= 0.6 is 0 Å². The lowest BCUT2D eigenvalue weighted by Crippen LogP contribution is -2.50. The summed E-state index contributed by atoms with van der Waals surface area (Å²) in [6.07, 6.45) is 1.01. The van der Waals surface area contributed by atoms with Crippen LogP contribution in [0.4, 0.5) is 4.79 Å². The topological polar surface area (TPSA) is 38.8 Å². The molecule has 0 aliphatic carbocycles. The average Bonchev–Trinajstić information content (AvgIpc) is 2.25. The van der Waals surface area contributed by atoms with E-state index in [1.807, 2.05) is 19.0 Å². The Balaban J connectivity index is 2.10. The molecule has 0 radical (unpaired) electrons. The van der Waals surface area contributed by atoms with Crippen molar-refractivity contribution >= 4 is 6.03 Å². The number of urea groups is 1.